The van der Waals surface area contributed by atoms with Crippen LogP contribution in [0.5, 0.6) is 0 Å². The van der Waals surface area contributed by atoms with Crippen LogP contribution in [0.1, 0.15) is 44.6 Å². The zero-order valence-corrected chi connectivity index (χ0v) is 18.4. The second-order valence-corrected chi connectivity index (χ2v) is 7.93. The van der Waals surface area contributed by atoms with Gasteiger partial charge in [-0.3, -0.25) is 10.3 Å². The summed E-state index contributed by atoms with van der Waals surface area (Å²) in [5.74, 6) is 0.0115. The Bertz CT molecular complexity index is 859. The van der Waals surface area contributed by atoms with Crippen molar-refractivity contribution < 1.29 is 0 Å². The lowest BCUT2D eigenvalue weighted by Crippen LogP contribution is -2.43. The van der Waals surface area contributed by atoms with Gasteiger partial charge in [-0.15, -0.1) is 0 Å². The van der Waals surface area contributed by atoms with Crippen LogP contribution < -0.4 is 16.0 Å². The molecule has 1 saturated carbocycles. The van der Waals surface area contributed by atoms with Gasteiger partial charge < -0.3 is 11.1 Å². The molecule has 4 nitrogen and oxygen atoms in total. The lowest BCUT2D eigenvalue weighted by atomic mass is 9.76. The molecule has 3 aromatic rings. The summed E-state index contributed by atoms with van der Waals surface area (Å²) in [5.41, 5.74) is 9.14. The molecule has 0 atom stereocenters. The lowest BCUT2D eigenvalue weighted by molar-refractivity contribution is 0.238. The van der Waals surface area contributed by atoms with Gasteiger partial charge in [0.25, 0.3) is 0 Å². The van der Waals surface area contributed by atoms with Crippen LogP contribution in [-0.2, 0) is 5.54 Å². The Morgan fingerprint density at radius 2 is 1.26 bits per heavy atom. The first kappa shape index (κ1) is 22.6. The van der Waals surface area contributed by atoms with Crippen molar-refractivity contribution in [3.8, 4) is 0 Å². The standard InChI is InChI=1S/C14H21N.C13H13N3/c1-2-15-14(11-7-4-8-12-14)13-9-5-3-6-10-13;14-13(15)16(11-7-3-1-4-8-11)12-9-5-2-6-10-12/h3,5-6,9-10,15H,2,4,7-8,11-12H2,1H3;1-10H,(H3,14,15). The maximum absolute atomic E-state index is 7.63. The fourth-order valence-electron chi connectivity index (χ4n) is 4.40. The number of anilines is 2. The number of nitrogens with two attached hydrogens (primary N) is 1. The first-order chi connectivity index (χ1) is 15.2. The fraction of sp³-hybridized carbons (Fsp3) is 0.296. The third-order valence-electron chi connectivity index (χ3n) is 5.82. The third-order valence-corrected chi connectivity index (χ3v) is 5.82. The molecule has 4 heteroatoms. The highest BCUT2D eigenvalue weighted by Crippen LogP contribution is 2.36. The number of nitrogens with one attached hydrogen (secondary N) is 2. The molecule has 0 radical (unpaired) electrons. The van der Waals surface area contributed by atoms with Gasteiger partial charge in [0.15, 0.2) is 5.96 Å². The Hall–Kier alpha value is -3.11. The predicted molar refractivity (Wildman–Crippen MR) is 132 cm³/mol. The van der Waals surface area contributed by atoms with Crippen molar-refractivity contribution in [3.05, 3.63) is 96.6 Å². The highest BCUT2D eigenvalue weighted by molar-refractivity contribution is 5.99. The van der Waals surface area contributed by atoms with Gasteiger partial charge in [0.2, 0.25) is 0 Å². The summed E-state index contributed by atoms with van der Waals surface area (Å²) in [6, 6.07) is 30.2. The molecule has 0 heterocycles. The van der Waals surface area contributed by atoms with Gasteiger partial charge in [-0.05, 0) is 49.2 Å². The van der Waals surface area contributed by atoms with Crippen molar-refractivity contribution in [3.63, 3.8) is 0 Å². The molecule has 3 aromatic carbocycles. The SMILES string of the molecule is CCNC1(c2ccccc2)CCCCC1.N=C(N)N(c1ccccc1)c1ccccc1. The van der Waals surface area contributed by atoms with E-state index in [4.69, 9.17) is 11.1 Å². The van der Waals surface area contributed by atoms with Crippen LogP contribution in [0.4, 0.5) is 11.4 Å². The molecule has 0 amide bonds. The van der Waals surface area contributed by atoms with Crippen molar-refractivity contribution in [1.29, 1.82) is 5.41 Å². The van der Waals surface area contributed by atoms with E-state index in [1.54, 1.807) is 4.90 Å². The number of nitrogens with zero attached hydrogens (tertiary/aromatic N) is 1. The fourth-order valence-corrected chi connectivity index (χ4v) is 4.40. The number of hydrogen-bond donors (Lipinski definition) is 3. The summed E-state index contributed by atoms with van der Waals surface area (Å²) in [6.07, 6.45) is 6.72. The van der Waals surface area contributed by atoms with E-state index in [1.807, 2.05) is 60.7 Å². The number of para-hydroxylation sites is 2. The average molecular weight is 415 g/mol. The number of benzene rings is 3. The van der Waals surface area contributed by atoms with E-state index in [0.717, 1.165) is 17.9 Å². The van der Waals surface area contributed by atoms with E-state index < -0.39 is 0 Å². The van der Waals surface area contributed by atoms with E-state index in [9.17, 15) is 0 Å². The summed E-state index contributed by atoms with van der Waals surface area (Å²) >= 11 is 0. The third kappa shape index (κ3) is 5.96. The van der Waals surface area contributed by atoms with Gasteiger partial charge in [-0.1, -0.05) is 92.9 Å². The van der Waals surface area contributed by atoms with Crippen LogP contribution in [0.25, 0.3) is 0 Å². The van der Waals surface area contributed by atoms with Crippen LogP contribution in [0, 0.1) is 5.41 Å². The molecule has 0 unspecified atom stereocenters. The number of hydrogen-bond acceptors (Lipinski definition) is 2. The predicted octanol–water partition coefficient (Wildman–Crippen LogP) is 6.17. The summed E-state index contributed by atoms with van der Waals surface area (Å²) < 4.78 is 0. The highest BCUT2D eigenvalue weighted by atomic mass is 15.2. The van der Waals surface area contributed by atoms with Crippen LogP contribution in [0.2, 0.25) is 0 Å². The Labute approximate surface area is 186 Å². The van der Waals surface area contributed by atoms with Gasteiger partial charge in [-0.25, -0.2) is 0 Å². The molecule has 1 aliphatic rings. The second-order valence-electron chi connectivity index (χ2n) is 7.93. The summed E-state index contributed by atoms with van der Waals surface area (Å²) in [5, 5.41) is 11.3. The maximum Gasteiger partial charge on any atom is 0.197 e. The largest absolute Gasteiger partial charge is 0.369 e. The van der Waals surface area contributed by atoms with E-state index in [-0.39, 0.29) is 11.5 Å². The summed E-state index contributed by atoms with van der Waals surface area (Å²) in [7, 11) is 0. The highest BCUT2D eigenvalue weighted by Gasteiger charge is 2.32. The topological polar surface area (TPSA) is 65.1 Å². The van der Waals surface area contributed by atoms with E-state index >= 15 is 0 Å². The van der Waals surface area contributed by atoms with Crippen LogP contribution >= 0.6 is 0 Å². The molecule has 0 aliphatic heterocycles. The van der Waals surface area contributed by atoms with Gasteiger partial charge in [0, 0.05) is 16.9 Å². The maximum atomic E-state index is 7.63. The molecular weight excluding hydrogens is 380 g/mol. The molecule has 31 heavy (non-hydrogen) atoms. The molecule has 162 valence electrons. The minimum absolute atomic E-state index is 0.0115. The monoisotopic (exact) mass is 414 g/mol. The minimum atomic E-state index is 0.0115. The molecule has 4 rings (SSSR count). The molecule has 0 saturated heterocycles. The van der Waals surface area contributed by atoms with Crippen molar-refractivity contribution in [2.24, 2.45) is 5.73 Å². The van der Waals surface area contributed by atoms with E-state index in [2.05, 4.69) is 42.6 Å². The van der Waals surface area contributed by atoms with Crippen molar-refractivity contribution >= 4 is 17.3 Å². The molecule has 4 N–H and O–H groups in total. The molecule has 0 spiro atoms. The zero-order valence-electron chi connectivity index (χ0n) is 18.4. The Morgan fingerprint density at radius 3 is 1.68 bits per heavy atom. The van der Waals surface area contributed by atoms with Crippen LogP contribution in [0.15, 0.2) is 91.0 Å². The Kier molecular flexibility index (Phi) is 8.25. The van der Waals surface area contributed by atoms with Crippen molar-refractivity contribution in [1.82, 2.24) is 5.32 Å². The van der Waals surface area contributed by atoms with Crippen molar-refractivity contribution in [2.75, 3.05) is 11.4 Å². The summed E-state index contributed by atoms with van der Waals surface area (Å²) in [4.78, 5) is 1.69. The lowest BCUT2D eigenvalue weighted by Gasteiger charge is -2.38. The van der Waals surface area contributed by atoms with Crippen molar-refractivity contribution in [2.45, 2.75) is 44.6 Å². The van der Waals surface area contributed by atoms with Gasteiger partial charge >= 0.3 is 0 Å². The molecule has 0 aromatic heterocycles. The van der Waals surface area contributed by atoms with E-state index in [0.29, 0.717) is 0 Å². The summed E-state index contributed by atoms with van der Waals surface area (Å²) in [6.45, 7) is 3.27. The second kappa shape index (κ2) is 11.3. The first-order valence-corrected chi connectivity index (χ1v) is 11.2. The number of guanidine groups is 1. The van der Waals surface area contributed by atoms with Gasteiger partial charge in [0.05, 0.1) is 0 Å². The molecule has 1 aliphatic carbocycles. The number of rotatable bonds is 5. The molecule has 1 fully saturated rings. The smallest absolute Gasteiger partial charge is 0.197 e. The first-order valence-electron chi connectivity index (χ1n) is 11.2. The Balaban J connectivity index is 0.000000176. The van der Waals surface area contributed by atoms with Gasteiger partial charge in [-0.2, -0.15) is 0 Å². The van der Waals surface area contributed by atoms with Gasteiger partial charge in [0.1, 0.15) is 0 Å². The zero-order chi connectivity index (χ0) is 21.9. The van der Waals surface area contributed by atoms with Crippen LogP contribution in [0.3, 0.4) is 0 Å². The molecular formula is C27H34N4. The van der Waals surface area contributed by atoms with E-state index in [1.165, 1.54) is 37.7 Å². The average Bonchev–Trinajstić information content (AvgIpc) is 2.82. The minimum Gasteiger partial charge on any atom is -0.369 e. The Morgan fingerprint density at radius 1 is 0.806 bits per heavy atom. The van der Waals surface area contributed by atoms with Crippen LogP contribution in [-0.4, -0.2) is 12.5 Å². The normalized spacial score (nSPS) is 14.7. The molecule has 0 bridgehead atoms. The quantitative estimate of drug-likeness (QED) is 0.345.